The summed E-state index contributed by atoms with van der Waals surface area (Å²) in [4.78, 5) is 0. The second kappa shape index (κ2) is 14.0. The van der Waals surface area contributed by atoms with Gasteiger partial charge in [-0.05, 0) is 51.3 Å². The molecule has 7 heteroatoms. The number of aliphatic hydroxyl groups excluding tert-OH is 1. The van der Waals surface area contributed by atoms with E-state index in [0.29, 0.717) is 23.2 Å². The topological polar surface area (TPSA) is 60.5 Å². The second-order valence-electron chi connectivity index (χ2n) is 14.8. The lowest BCUT2D eigenvalue weighted by Crippen LogP contribution is -2.66. The summed E-state index contributed by atoms with van der Waals surface area (Å²) < 4.78 is 27.9. The third-order valence-corrected chi connectivity index (χ3v) is 21.2. The minimum absolute atomic E-state index is 0.00530. The van der Waals surface area contributed by atoms with E-state index < -0.39 is 22.4 Å². The molecule has 2 aliphatic heterocycles. The zero-order valence-corrected chi connectivity index (χ0v) is 30.3. The van der Waals surface area contributed by atoms with Crippen LogP contribution in [0.1, 0.15) is 94.4 Å². The maximum absolute atomic E-state index is 9.47. The van der Waals surface area contributed by atoms with E-state index in [1.54, 1.807) is 0 Å². The average molecular weight is 627 g/mol. The van der Waals surface area contributed by atoms with Gasteiger partial charge in [-0.25, -0.2) is 0 Å². The van der Waals surface area contributed by atoms with Crippen LogP contribution < -0.4 is 10.4 Å². The van der Waals surface area contributed by atoms with Crippen LogP contribution in [0.3, 0.4) is 0 Å². The van der Waals surface area contributed by atoms with E-state index in [2.05, 4.69) is 123 Å². The molecule has 4 rings (SSSR count). The molecule has 5 nitrogen and oxygen atoms in total. The molecule has 0 aromatic heterocycles. The Bertz CT molecular complexity index is 1070. The molecule has 2 saturated heterocycles. The first kappa shape index (κ1) is 34.5. The molecule has 2 heterocycles. The summed E-state index contributed by atoms with van der Waals surface area (Å²) in [6, 6.07) is 21.7. The summed E-state index contributed by atoms with van der Waals surface area (Å²) in [6.07, 6.45) is 4.06. The van der Waals surface area contributed by atoms with Gasteiger partial charge in [-0.15, -0.1) is 0 Å². The van der Waals surface area contributed by atoms with Gasteiger partial charge in [0, 0.05) is 26.1 Å². The van der Waals surface area contributed by atoms with Gasteiger partial charge in [-0.2, -0.15) is 0 Å². The molecule has 2 fully saturated rings. The van der Waals surface area contributed by atoms with Crippen LogP contribution in [0.15, 0.2) is 60.7 Å². The third-order valence-electron chi connectivity index (χ3n) is 10.1. The van der Waals surface area contributed by atoms with Gasteiger partial charge in [-0.3, -0.25) is 0 Å². The maximum atomic E-state index is 9.47. The number of aliphatic hydroxyl groups is 1. The predicted octanol–water partition coefficient (Wildman–Crippen LogP) is 7.56. The highest BCUT2D eigenvalue weighted by atomic mass is 28.4. The van der Waals surface area contributed by atoms with E-state index in [4.69, 9.17) is 18.3 Å². The van der Waals surface area contributed by atoms with Crippen molar-refractivity contribution in [3.8, 4) is 0 Å². The molecule has 0 spiro atoms. The van der Waals surface area contributed by atoms with Crippen molar-refractivity contribution in [3.63, 3.8) is 0 Å². The quantitative estimate of drug-likeness (QED) is 0.126. The number of benzene rings is 2. The molecule has 0 amide bonds. The predicted molar refractivity (Wildman–Crippen MR) is 182 cm³/mol. The maximum Gasteiger partial charge on any atom is 0.261 e. The van der Waals surface area contributed by atoms with Gasteiger partial charge in [0.25, 0.3) is 8.32 Å². The van der Waals surface area contributed by atoms with Crippen molar-refractivity contribution in [3.05, 3.63) is 60.7 Å². The Labute approximate surface area is 263 Å². The summed E-state index contributed by atoms with van der Waals surface area (Å²) in [5.74, 6) is -0.592. The van der Waals surface area contributed by atoms with Crippen LogP contribution in [0.2, 0.25) is 21.7 Å². The average Bonchev–Trinajstić information content (AvgIpc) is 3.68. The summed E-state index contributed by atoms with van der Waals surface area (Å²) in [5, 5.41) is 12.0. The van der Waals surface area contributed by atoms with Gasteiger partial charge >= 0.3 is 0 Å². The smallest absolute Gasteiger partial charge is 0.261 e. The standard InChI is InChI=1S/C36H58O5Si2/c1-27(2)42(28(3)4,29(5)6)41-33-26-30(39-36(34(33)40-36)23-16-17-24-37)22-25-38-43(35(7,8)9,31-18-12-10-13-19-31)32-20-14-11-15-21-32/h10-15,18-21,27-30,33-34,37H,16-17,22-26H2,1-9H3/t30-,33?,34-,36-/m1/s1. The summed E-state index contributed by atoms with van der Waals surface area (Å²) in [6.45, 7) is 21.9. The van der Waals surface area contributed by atoms with Crippen LogP contribution in [-0.2, 0) is 18.3 Å². The minimum atomic E-state index is -2.62. The highest BCUT2D eigenvalue weighted by Crippen LogP contribution is 2.54. The monoisotopic (exact) mass is 626 g/mol. The Morgan fingerprint density at radius 1 is 0.837 bits per heavy atom. The number of fused-ring (bicyclic) bond motifs is 1. The molecule has 240 valence electrons. The Hall–Kier alpha value is -1.33. The van der Waals surface area contributed by atoms with Crippen LogP contribution in [0, 0.1) is 0 Å². The van der Waals surface area contributed by atoms with Gasteiger partial charge in [-0.1, -0.05) is 123 Å². The molecule has 2 aromatic carbocycles. The zero-order valence-electron chi connectivity index (χ0n) is 28.3. The summed E-state index contributed by atoms with van der Waals surface area (Å²) in [5.41, 5.74) is 1.53. The fourth-order valence-electron chi connectivity index (χ4n) is 8.15. The number of unbranched alkanes of at least 4 members (excludes halogenated alkanes) is 1. The van der Waals surface area contributed by atoms with Gasteiger partial charge in [0.05, 0.1) is 12.2 Å². The molecule has 0 saturated carbocycles. The van der Waals surface area contributed by atoms with Crippen LogP contribution in [0.5, 0.6) is 0 Å². The van der Waals surface area contributed by atoms with Crippen LogP contribution in [0.25, 0.3) is 0 Å². The van der Waals surface area contributed by atoms with Gasteiger partial charge in [0.1, 0.15) is 6.10 Å². The Balaban J connectivity index is 1.60. The normalized spacial score (nSPS) is 24.5. The van der Waals surface area contributed by atoms with Crippen LogP contribution in [-0.4, -0.2) is 59.1 Å². The summed E-state index contributed by atoms with van der Waals surface area (Å²) in [7, 11) is -4.73. The van der Waals surface area contributed by atoms with Gasteiger partial charge < -0.3 is 23.4 Å². The van der Waals surface area contributed by atoms with E-state index in [9.17, 15) is 5.11 Å². The van der Waals surface area contributed by atoms with Crippen molar-refractivity contribution in [2.45, 2.75) is 140 Å². The van der Waals surface area contributed by atoms with Gasteiger partial charge in [0.2, 0.25) is 8.32 Å². The first-order valence-corrected chi connectivity index (χ1v) is 20.8. The molecular formula is C36H58O5Si2. The van der Waals surface area contributed by atoms with Gasteiger partial charge in [0.15, 0.2) is 5.79 Å². The van der Waals surface area contributed by atoms with Crippen LogP contribution >= 0.6 is 0 Å². The molecule has 0 aliphatic carbocycles. The Kier molecular flexibility index (Phi) is 11.2. The van der Waals surface area contributed by atoms with E-state index in [0.717, 1.165) is 32.1 Å². The molecule has 1 unspecified atom stereocenters. The summed E-state index contributed by atoms with van der Waals surface area (Å²) >= 11 is 0. The van der Waals surface area contributed by atoms with E-state index in [-0.39, 0.29) is 30.0 Å². The zero-order chi connectivity index (χ0) is 31.5. The fraction of sp³-hybridized carbons (Fsp3) is 0.667. The first-order chi connectivity index (χ1) is 20.3. The number of rotatable bonds is 15. The van der Waals surface area contributed by atoms with E-state index >= 15 is 0 Å². The molecular weight excluding hydrogens is 569 g/mol. The first-order valence-electron chi connectivity index (χ1n) is 16.7. The van der Waals surface area contributed by atoms with Crippen molar-refractivity contribution in [1.82, 2.24) is 0 Å². The lowest BCUT2D eigenvalue weighted by molar-refractivity contribution is -0.125. The lowest BCUT2D eigenvalue weighted by atomic mass is 9.96. The number of hydrogen-bond acceptors (Lipinski definition) is 5. The van der Waals surface area contributed by atoms with Crippen molar-refractivity contribution in [2.75, 3.05) is 13.2 Å². The van der Waals surface area contributed by atoms with E-state index in [1.165, 1.54) is 10.4 Å². The Morgan fingerprint density at radius 2 is 1.37 bits per heavy atom. The highest BCUT2D eigenvalue weighted by Gasteiger charge is 2.66. The second-order valence-corrected chi connectivity index (χ2v) is 24.5. The molecule has 4 atom stereocenters. The van der Waals surface area contributed by atoms with Crippen molar-refractivity contribution >= 4 is 27.0 Å². The molecule has 1 N–H and O–H groups in total. The Morgan fingerprint density at radius 3 is 1.84 bits per heavy atom. The number of epoxide rings is 1. The molecule has 2 aromatic rings. The molecule has 43 heavy (non-hydrogen) atoms. The van der Waals surface area contributed by atoms with Crippen molar-refractivity contribution in [1.29, 1.82) is 0 Å². The minimum Gasteiger partial charge on any atom is -0.410 e. The van der Waals surface area contributed by atoms with Crippen molar-refractivity contribution in [2.24, 2.45) is 0 Å². The van der Waals surface area contributed by atoms with Crippen LogP contribution in [0.4, 0.5) is 0 Å². The fourth-order valence-corrected chi connectivity index (χ4v) is 18.3. The molecule has 0 radical (unpaired) electrons. The van der Waals surface area contributed by atoms with Crippen molar-refractivity contribution < 1.29 is 23.4 Å². The number of ether oxygens (including phenoxy) is 2. The third kappa shape index (κ3) is 6.93. The largest absolute Gasteiger partial charge is 0.410 e. The highest BCUT2D eigenvalue weighted by molar-refractivity contribution is 6.99. The number of hydrogen-bond donors (Lipinski definition) is 1. The molecule has 2 aliphatic rings. The lowest BCUT2D eigenvalue weighted by Gasteiger charge is -2.46. The SMILES string of the molecule is CC(C)[Si](OC1C[C@@H](CCO[Si](c2ccccc2)(c2ccccc2)C(C)(C)C)O[C@]2(CCCCO)O[C@H]12)(C(C)C)C(C)C. The van der Waals surface area contributed by atoms with E-state index in [1.807, 2.05) is 0 Å². The molecule has 0 bridgehead atoms.